The van der Waals surface area contributed by atoms with Crippen LogP contribution in [0.4, 0.5) is 0 Å². The van der Waals surface area contributed by atoms with E-state index in [-0.39, 0.29) is 5.75 Å². The molecule has 0 amide bonds. The first-order valence-electron chi connectivity index (χ1n) is 3.94. The average molecular weight is 150 g/mol. The lowest BCUT2D eigenvalue weighted by atomic mass is 10.1. The molecule has 0 spiro atoms. The fraction of sp³-hybridized carbons (Fsp3) is 0.444. The quantitative estimate of drug-likeness (QED) is 0.651. The minimum atomic E-state index is 0.119. The minimum Gasteiger partial charge on any atom is -0.290 e. The smallest absolute Gasteiger partial charge is 0.184 e. The van der Waals surface area contributed by atoms with E-state index >= 15 is 0 Å². The molecule has 1 heterocycles. The van der Waals surface area contributed by atoms with E-state index < -0.39 is 0 Å². The van der Waals surface area contributed by atoms with Crippen molar-refractivity contribution in [3.63, 3.8) is 0 Å². The summed E-state index contributed by atoms with van der Waals surface area (Å²) >= 11 is 0. The van der Waals surface area contributed by atoms with Gasteiger partial charge in [-0.05, 0) is 12.8 Å². The predicted octanol–water partition coefficient (Wildman–Crippen LogP) is 2.57. The predicted molar refractivity (Wildman–Crippen MR) is 43.0 cm³/mol. The molecule has 0 fully saturated rings. The highest BCUT2D eigenvalue weighted by Crippen LogP contribution is 2.16. The van der Waals surface area contributed by atoms with Crippen LogP contribution in [0.2, 0.25) is 0 Å². The number of pyridine rings is 1. The van der Waals surface area contributed by atoms with Gasteiger partial charge in [0, 0.05) is 24.0 Å². The van der Waals surface area contributed by atoms with Gasteiger partial charge in [-0.15, -0.1) is 0 Å². The van der Waals surface area contributed by atoms with Gasteiger partial charge in [0.15, 0.2) is 5.75 Å². The van der Waals surface area contributed by atoms with Gasteiger partial charge >= 0.3 is 0 Å². The molecule has 0 aromatic carbocycles. The Morgan fingerprint density at radius 1 is 1.55 bits per heavy atom. The molecule has 0 aliphatic heterocycles. The molecule has 0 saturated heterocycles. The summed E-state index contributed by atoms with van der Waals surface area (Å²) in [7, 11) is 0. The van der Waals surface area contributed by atoms with E-state index in [9.17, 15) is 5.11 Å². The van der Waals surface area contributed by atoms with E-state index in [4.69, 9.17) is 0 Å². The summed E-state index contributed by atoms with van der Waals surface area (Å²) in [5.74, 6) is 0.119. The molecule has 11 heavy (non-hydrogen) atoms. The molecule has 59 valence electrons. The van der Waals surface area contributed by atoms with Crippen LogP contribution in [0.25, 0.3) is 0 Å². The number of aryl methyl sites for hydroxylation is 1. The van der Waals surface area contributed by atoms with Crippen molar-refractivity contribution < 1.29 is 5.11 Å². The van der Waals surface area contributed by atoms with Crippen molar-refractivity contribution in [3.05, 3.63) is 24.0 Å². The fourth-order valence-electron chi connectivity index (χ4n) is 0.969. The number of nitrogens with zero attached hydrogens (tertiary/aromatic N) is 1. The van der Waals surface area contributed by atoms with Gasteiger partial charge in [0.2, 0.25) is 0 Å². The first kappa shape index (κ1) is 8.05. The maximum Gasteiger partial charge on any atom is 0.184 e. The van der Waals surface area contributed by atoms with Gasteiger partial charge in [-0.25, -0.2) is 0 Å². The molecular weight excluding hydrogens is 138 g/mol. The van der Waals surface area contributed by atoms with E-state index in [1.165, 1.54) is 12.3 Å². The van der Waals surface area contributed by atoms with E-state index in [1.54, 1.807) is 6.20 Å². The number of aromatic nitrogens is 1. The molecule has 0 bridgehead atoms. The fourth-order valence-corrected chi connectivity index (χ4v) is 0.969. The lowest BCUT2D eigenvalue weighted by Crippen LogP contribution is -1.85. The Hall–Kier alpha value is -1.05. The molecule has 1 aromatic heterocycles. The van der Waals surface area contributed by atoms with E-state index in [0.717, 1.165) is 24.8 Å². The van der Waals surface area contributed by atoms with Crippen molar-refractivity contribution in [2.75, 3.05) is 0 Å². The normalized spacial score (nSPS) is 9.91. The van der Waals surface area contributed by atoms with Crippen LogP contribution in [-0.2, 0) is 11.5 Å². The summed E-state index contributed by atoms with van der Waals surface area (Å²) in [6.07, 6.45) is 6.26. The third-order valence-corrected chi connectivity index (χ3v) is 1.66. The molecule has 0 atom stereocenters. The van der Waals surface area contributed by atoms with Crippen molar-refractivity contribution in [1.29, 1.82) is 0 Å². The molecule has 1 aromatic rings. The van der Waals surface area contributed by atoms with Crippen LogP contribution >= 0.6 is 0 Å². The maximum absolute atomic E-state index is 11.1. The Bertz CT molecular complexity index is 223. The molecule has 0 saturated carbocycles. The topological polar surface area (TPSA) is 32.8 Å². The molecule has 2 nitrogen and oxygen atoms in total. The second kappa shape index (κ2) is 3.96. The van der Waals surface area contributed by atoms with E-state index in [2.05, 4.69) is 11.9 Å². The van der Waals surface area contributed by atoms with Crippen LogP contribution in [0, 0.1) is 0 Å². The highest BCUT2D eigenvalue weighted by molar-refractivity contribution is 5.27. The number of hydrogen-bond donors (Lipinski definition) is 0. The molecule has 2 heteroatoms. The van der Waals surface area contributed by atoms with Crippen molar-refractivity contribution in [1.82, 2.24) is 4.98 Å². The summed E-state index contributed by atoms with van der Waals surface area (Å²) in [6, 6.07) is 1.52. The summed E-state index contributed by atoms with van der Waals surface area (Å²) in [5.41, 5.74) is 0.842. The lowest BCUT2D eigenvalue weighted by molar-refractivity contribution is 0.349. The van der Waals surface area contributed by atoms with Gasteiger partial charge in [-0.2, -0.15) is 0 Å². The zero-order valence-electron chi connectivity index (χ0n) is 6.71. The Labute approximate surface area is 66.9 Å². The van der Waals surface area contributed by atoms with Crippen LogP contribution in [0.1, 0.15) is 25.3 Å². The van der Waals surface area contributed by atoms with Crippen LogP contribution in [-0.4, -0.2) is 4.98 Å². The van der Waals surface area contributed by atoms with Gasteiger partial charge in [0.05, 0.1) is 0 Å². The summed E-state index contributed by atoms with van der Waals surface area (Å²) in [6.45, 7) is 2.11. The Balaban J connectivity index is 2.62. The van der Waals surface area contributed by atoms with Gasteiger partial charge in [0.25, 0.3) is 0 Å². The second-order valence-electron chi connectivity index (χ2n) is 2.59. The monoisotopic (exact) mass is 150 g/mol. The molecule has 1 radical (unpaired) electrons. The lowest BCUT2D eigenvalue weighted by Gasteiger charge is -1.98. The van der Waals surface area contributed by atoms with Gasteiger partial charge in [0.1, 0.15) is 0 Å². The average Bonchev–Trinajstić information content (AvgIpc) is 2.03. The summed E-state index contributed by atoms with van der Waals surface area (Å²) < 4.78 is 0. The van der Waals surface area contributed by atoms with Crippen LogP contribution < -0.4 is 0 Å². The molecule has 0 N–H and O–H groups in total. The van der Waals surface area contributed by atoms with Crippen molar-refractivity contribution >= 4 is 0 Å². The zero-order valence-corrected chi connectivity index (χ0v) is 6.71. The summed E-state index contributed by atoms with van der Waals surface area (Å²) in [4.78, 5) is 3.90. The van der Waals surface area contributed by atoms with E-state index in [1.807, 2.05) is 0 Å². The molecular formula is C9H12NO. The standard InChI is InChI=1S/C9H12NO/c1-2-3-4-8-7-10-6-5-9(8)11/h5-7H,2-4H2,1H3. The largest absolute Gasteiger partial charge is 0.290 e. The summed E-state index contributed by atoms with van der Waals surface area (Å²) in [5, 5.41) is 11.1. The Morgan fingerprint density at radius 2 is 2.36 bits per heavy atom. The number of unbranched alkanes of at least 4 members (excludes halogenated alkanes) is 1. The number of hydrogen-bond acceptors (Lipinski definition) is 1. The maximum atomic E-state index is 11.1. The molecule has 0 aliphatic carbocycles. The van der Waals surface area contributed by atoms with Crippen LogP contribution in [0.15, 0.2) is 18.5 Å². The highest BCUT2D eigenvalue weighted by Gasteiger charge is 1.99. The van der Waals surface area contributed by atoms with Gasteiger partial charge in [-0.1, -0.05) is 13.3 Å². The van der Waals surface area contributed by atoms with Crippen LogP contribution in [0.3, 0.4) is 0 Å². The molecule has 0 unspecified atom stereocenters. The molecule has 1 rings (SSSR count). The van der Waals surface area contributed by atoms with E-state index in [0.29, 0.717) is 0 Å². The Morgan fingerprint density at radius 3 is 3.00 bits per heavy atom. The van der Waals surface area contributed by atoms with Crippen molar-refractivity contribution in [3.8, 4) is 5.75 Å². The third kappa shape index (κ3) is 2.22. The van der Waals surface area contributed by atoms with Gasteiger partial charge < -0.3 is 0 Å². The Kier molecular flexibility index (Phi) is 2.90. The zero-order chi connectivity index (χ0) is 8.10. The first-order chi connectivity index (χ1) is 5.34. The first-order valence-corrected chi connectivity index (χ1v) is 3.94. The van der Waals surface area contributed by atoms with Crippen LogP contribution in [0.5, 0.6) is 5.75 Å². The van der Waals surface area contributed by atoms with Gasteiger partial charge in [-0.3, -0.25) is 10.1 Å². The minimum absolute atomic E-state index is 0.119. The highest BCUT2D eigenvalue weighted by atomic mass is 16.3. The third-order valence-electron chi connectivity index (χ3n) is 1.66. The number of rotatable bonds is 3. The van der Waals surface area contributed by atoms with Crippen molar-refractivity contribution in [2.45, 2.75) is 26.2 Å². The SMILES string of the molecule is CCCCc1cnccc1[O]. The molecule has 0 aliphatic rings. The van der Waals surface area contributed by atoms with Crippen molar-refractivity contribution in [2.24, 2.45) is 0 Å². The second-order valence-corrected chi connectivity index (χ2v) is 2.59.